The first-order valence-corrected chi connectivity index (χ1v) is 8.57. The van der Waals surface area contributed by atoms with Crippen LogP contribution in [0.15, 0.2) is 30.3 Å². The summed E-state index contributed by atoms with van der Waals surface area (Å²) < 4.78 is 0. The van der Waals surface area contributed by atoms with Gasteiger partial charge in [0.2, 0.25) is 5.91 Å². The number of carboxylic acids is 1. The van der Waals surface area contributed by atoms with Crippen LogP contribution in [0.1, 0.15) is 20.3 Å². The Morgan fingerprint density at radius 2 is 1.79 bits per heavy atom. The van der Waals surface area contributed by atoms with E-state index in [0.717, 1.165) is 19.5 Å². The van der Waals surface area contributed by atoms with Crippen LogP contribution in [0.5, 0.6) is 0 Å². The number of hydrogen-bond donors (Lipinski definition) is 1. The molecule has 1 fully saturated rings. The lowest BCUT2D eigenvalue weighted by atomic mass is 10.2. The fourth-order valence-corrected chi connectivity index (χ4v) is 3.11. The first-order valence-electron chi connectivity index (χ1n) is 8.57. The van der Waals surface area contributed by atoms with Gasteiger partial charge in [-0.05, 0) is 32.0 Å². The van der Waals surface area contributed by atoms with E-state index in [1.54, 1.807) is 4.90 Å². The van der Waals surface area contributed by atoms with Crippen molar-refractivity contribution in [3.8, 4) is 0 Å². The summed E-state index contributed by atoms with van der Waals surface area (Å²) >= 11 is 0. The Morgan fingerprint density at radius 3 is 2.33 bits per heavy atom. The molecule has 1 aliphatic rings. The zero-order chi connectivity index (χ0) is 17.5. The average molecular weight is 333 g/mol. The first-order chi connectivity index (χ1) is 11.5. The van der Waals surface area contributed by atoms with Crippen LogP contribution in [-0.2, 0) is 9.59 Å². The minimum Gasteiger partial charge on any atom is -0.480 e. The highest BCUT2D eigenvalue weighted by atomic mass is 16.4. The zero-order valence-corrected chi connectivity index (χ0v) is 14.5. The van der Waals surface area contributed by atoms with Crippen molar-refractivity contribution < 1.29 is 14.7 Å². The molecule has 24 heavy (non-hydrogen) atoms. The van der Waals surface area contributed by atoms with Crippen LogP contribution in [0.2, 0.25) is 0 Å². The molecule has 1 unspecified atom stereocenters. The van der Waals surface area contributed by atoms with Gasteiger partial charge in [-0.2, -0.15) is 0 Å². The van der Waals surface area contributed by atoms with Crippen molar-refractivity contribution >= 4 is 17.6 Å². The Morgan fingerprint density at radius 1 is 1.17 bits per heavy atom. The van der Waals surface area contributed by atoms with Gasteiger partial charge in [0.05, 0.1) is 12.6 Å². The molecular formula is C18H27N3O3. The predicted octanol–water partition coefficient (Wildman–Crippen LogP) is 1.52. The maximum atomic E-state index is 12.7. The van der Waals surface area contributed by atoms with Crippen molar-refractivity contribution in [3.63, 3.8) is 0 Å². The summed E-state index contributed by atoms with van der Waals surface area (Å²) in [6.45, 7) is 7.27. The molecule has 6 nitrogen and oxygen atoms in total. The van der Waals surface area contributed by atoms with Gasteiger partial charge >= 0.3 is 5.97 Å². The highest BCUT2D eigenvalue weighted by Crippen LogP contribution is 2.16. The smallest absolute Gasteiger partial charge is 0.317 e. The summed E-state index contributed by atoms with van der Waals surface area (Å²) in [5.74, 6) is -0.866. The van der Waals surface area contributed by atoms with E-state index in [9.17, 15) is 9.59 Å². The number of amides is 1. The molecule has 0 aromatic heterocycles. The lowest BCUT2D eigenvalue weighted by Gasteiger charge is -2.38. The summed E-state index contributed by atoms with van der Waals surface area (Å²) in [6.07, 6.45) is 0.826. The molecule has 6 heteroatoms. The van der Waals surface area contributed by atoms with Gasteiger partial charge in [0.1, 0.15) is 0 Å². The Bertz CT molecular complexity index is 542. The third-order valence-electron chi connectivity index (χ3n) is 4.47. The quantitative estimate of drug-likeness (QED) is 0.820. The minimum atomic E-state index is -0.892. The number of anilines is 1. The number of carbonyl (C=O) groups is 2. The molecule has 1 saturated heterocycles. The molecule has 1 aromatic rings. The molecule has 1 aliphatic heterocycles. The molecule has 0 radical (unpaired) electrons. The predicted molar refractivity (Wildman–Crippen MR) is 94.2 cm³/mol. The molecule has 1 aromatic carbocycles. The number of hydrogen-bond acceptors (Lipinski definition) is 4. The molecule has 1 amide bonds. The van der Waals surface area contributed by atoms with Crippen molar-refractivity contribution in [2.24, 2.45) is 0 Å². The Kier molecular flexibility index (Phi) is 6.61. The SMILES string of the molecule is CCCN(CC(=O)O)C(C)C(=O)N1CCN(c2ccccc2)CC1. The van der Waals surface area contributed by atoms with E-state index in [1.807, 2.05) is 36.9 Å². The molecular weight excluding hydrogens is 306 g/mol. The van der Waals surface area contributed by atoms with Gasteiger partial charge in [0.25, 0.3) is 0 Å². The highest BCUT2D eigenvalue weighted by Gasteiger charge is 2.29. The lowest BCUT2D eigenvalue weighted by Crippen LogP contribution is -2.55. The van der Waals surface area contributed by atoms with Crippen LogP contribution in [0.25, 0.3) is 0 Å². The monoisotopic (exact) mass is 333 g/mol. The van der Waals surface area contributed by atoms with E-state index in [2.05, 4.69) is 17.0 Å². The highest BCUT2D eigenvalue weighted by molar-refractivity contribution is 5.82. The standard InChI is InChI=1S/C18H27N3O3/c1-3-9-21(14-17(22)23)15(2)18(24)20-12-10-19(11-13-20)16-7-5-4-6-8-16/h4-8,15H,3,9-14H2,1-2H3,(H,22,23). The minimum absolute atomic E-state index is 0.0254. The number of carboxylic acid groups (broad SMARTS) is 1. The van der Waals surface area contributed by atoms with Gasteiger partial charge in [0, 0.05) is 31.9 Å². The van der Waals surface area contributed by atoms with E-state index in [1.165, 1.54) is 5.69 Å². The second-order valence-corrected chi connectivity index (χ2v) is 6.19. The second kappa shape index (κ2) is 8.68. The van der Waals surface area contributed by atoms with E-state index >= 15 is 0 Å². The summed E-state index contributed by atoms with van der Waals surface area (Å²) in [7, 11) is 0. The number of benzene rings is 1. The summed E-state index contributed by atoms with van der Waals surface area (Å²) in [5, 5.41) is 9.04. The first kappa shape index (κ1) is 18.3. The number of carbonyl (C=O) groups excluding carboxylic acids is 1. The van der Waals surface area contributed by atoms with Crippen molar-refractivity contribution in [2.75, 3.05) is 44.2 Å². The third-order valence-corrected chi connectivity index (χ3v) is 4.47. The lowest BCUT2D eigenvalue weighted by molar-refractivity contribution is -0.142. The number of piperazine rings is 1. The average Bonchev–Trinajstić information content (AvgIpc) is 2.60. The fourth-order valence-electron chi connectivity index (χ4n) is 3.11. The molecule has 0 aliphatic carbocycles. The third kappa shape index (κ3) is 4.71. The Balaban J connectivity index is 1.92. The van der Waals surface area contributed by atoms with Crippen molar-refractivity contribution in [1.29, 1.82) is 0 Å². The summed E-state index contributed by atoms with van der Waals surface area (Å²) in [4.78, 5) is 29.6. The molecule has 0 bridgehead atoms. The van der Waals surface area contributed by atoms with Crippen LogP contribution in [0, 0.1) is 0 Å². The van der Waals surface area contributed by atoms with E-state index in [4.69, 9.17) is 5.11 Å². The van der Waals surface area contributed by atoms with Gasteiger partial charge in [-0.3, -0.25) is 14.5 Å². The molecule has 0 saturated carbocycles. The van der Waals surface area contributed by atoms with Gasteiger partial charge in [-0.1, -0.05) is 25.1 Å². The van der Waals surface area contributed by atoms with Gasteiger partial charge < -0.3 is 14.9 Å². The molecule has 1 atom stereocenters. The Hall–Kier alpha value is -2.08. The van der Waals surface area contributed by atoms with E-state index in [-0.39, 0.29) is 12.5 Å². The number of nitrogens with zero attached hydrogens (tertiary/aromatic N) is 3. The van der Waals surface area contributed by atoms with Crippen LogP contribution in [-0.4, -0.2) is 72.1 Å². The van der Waals surface area contributed by atoms with Crippen molar-refractivity contribution in [1.82, 2.24) is 9.80 Å². The number of rotatable bonds is 7. The molecule has 0 spiro atoms. The topological polar surface area (TPSA) is 64.1 Å². The maximum Gasteiger partial charge on any atom is 0.317 e. The molecule has 1 N–H and O–H groups in total. The van der Waals surface area contributed by atoms with Crippen LogP contribution in [0.3, 0.4) is 0 Å². The summed E-state index contributed by atoms with van der Waals surface area (Å²) in [6, 6.07) is 9.79. The van der Waals surface area contributed by atoms with E-state index < -0.39 is 12.0 Å². The Labute approximate surface area is 143 Å². The van der Waals surface area contributed by atoms with Crippen LogP contribution in [0.4, 0.5) is 5.69 Å². The van der Waals surface area contributed by atoms with Crippen molar-refractivity contribution in [3.05, 3.63) is 30.3 Å². The molecule has 1 heterocycles. The molecule has 132 valence electrons. The van der Waals surface area contributed by atoms with Crippen LogP contribution < -0.4 is 4.90 Å². The van der Waals surface area contributed by atoms with Gasteiger partial charge in [-0.15, -0.1) is 0 Å². The van der Waals surface area contributed by atoms with Crippen molar-refractivity contribution in [2.45, 2.75) is 26.3 Å². The zero-order valence-electron chi connectivity index (χ0n) is 14.5. The van der Waals surface area contributed by atoms with Gasteiger partial charge in [-0.25, -0.2) is 0 Å². The van der Waals surface area contributed by atoms with Crippen LogP contribution >= 0.6 is 0 Å². The molecule has 2 rings (SSSR count). The van der Waals surface area contributed by atoms with E-state index in [0.29, 0.717) is 19.6 Å². The largest absolute Gasteiger partial charge is 0.480 e. The number of aliphatic carboxylic acids is 1. The normalized spacial score (nSPS) is 16.3. The second-order valence-electron chi connectivity index (χ2n) is 6.19. The summed E-state index contributed by atoms with van der Waals surface area (Å²) in [5.41, 5.74) is 1.18. The van der Waals surface area contributed by atoms with Gasteiger partial charge in [0.15, 0.2) is 0 Å². The number of para-hydroxylation sites is 1. The fraction of sp³-hybridized carbons (Fsp3) is 0.556. The maximum absolute atomic E-state index is 12.7.